The molecule has 4 rings (SSSR count). The summed E-state index contributed by atoms with van der Waals surface area (Å²) in [6, 6.07) is 7.51. The molecule has 0 spiro atoms. The zero-order valence-corrected chi connectivity index (χ0v) is 9.98. The Balaban J connectivity index is 0.000000117. The zero-order chi connectivity index (χ0) is 13.1. The smallest absolute Gasteiger partial charge is 0.177 e. The number of rotatable bonds is 0. The Morgan fingerprint density at radius 3 is 2.79 bits per heavy atom. The van der Waals surface area contributed by atoms with E-state index in [1.54, 1.807) is 18.7 Å². The predicted molar refractivity (Wildman–Crippen MR) is 70.9 cm³/mol. The van der Waals surface area contributed by atoms with Crippen molar-refractivity contribution >= 4 is 22.7 Å². The molecule has 3 N–H and O–H groups in total. The van der Waals surface area contributed by atoms with E-state index in [-0.39, 0.29) is 0 Å². The van der Waals surface area contributed by atoms with E-state index in [4.69, 9.17) is 5.21 Å². The molecule has 0 amide bonds. The van der Waals surface area contributed by atoms with E-state index in [2.05, 4.69) is 25.3 Å². The van der Waals surface area contributed by atoms with Crippen molar-refractivity contribution in [2.75, 3.05) is 17.0 Å². The standard InChI is InChI=1S/C6H7N3O.C6H5N3/c10-9-4-8-5-2-1-3-7-6(5)9;1-2-5-6(7-3-1)9-4-8-5/h1-3,8,10H,4H2;1-4H,(H,7,8,9). The number of pyridine rings is 2. The molecule has 0 unspecified atom stereocenters. The van der Waals surface area contributed by atoms with Crippen LogP contribution in [0.1, 0.15) is 0 Å². The van der Waals surface area contributed by atoms with Crippen molar-refractivity contribution in [1.29, 1.82) is 0 Å². The van der Waals surface area contributed by atoms with Crippen LogP contribution >= 0.6 is 0 Å². The maximum atomic E-state index is 9.09. The third kappa shape index (κ3) is 2.31. The van der Waals surface area contributed by atoms with Gasteiger partial charge in [0.05, 0.1) is 17.5 Å². The summed E-state index contributed by atoms with van der Waals surface area (Å²) in [5, 5.41) is 13.1. The number of H-pyrrole nitrogens is 1. The van der Waals surface area contributed by atoms with Crippen LogP contribution in [0.15, 0.2) is 43.0 Å². The van der Waals surface area contributed by atoms with Crippen LogP contribution < -0.4 is 10.4 Å². The van der Waals surface area contributed by atoms with Gasteiger partial charge in [-0.1, -0.05) is 0 Å². The largest absolute Gasteiger partial charge is 0.363 e. The average Bonchev–Trinajstić information content (AvgIpc) is 3.07. The van der Waals surface area contributed by atoms with Crippen molar-refractivity contribution in [2.24, 2.45) is 0 Å². The van der Waals surface area contributed by atoms with E-state index in [1.807, 2.05) is 24.3 Å². The molecule has 0 saturated carbocycles. The lowest BCUT2D eigenvalue weighted by Crippen LogP contribution is -2.17. The molecule has 19 heavy (non-hydrogen) atoms. The number of hydrogen-bond acceptors (Lipinski definition) is 6. The zero-order valence-electron chi connectivity index (χ0n) is 9.98. The van der Waals surface area contributed by atoms with Gasteiger partial charge in [0.1, 0.15) is 6.67 Å². The van der Waals surface area contributed by atoms with Crippen molar-refractivity contribution in [3.63, 3.8) is 0 Å². The second kappa shape index (κ2) is 4.91. The summed E-state index contributed by atoms with van der Waals surface area (Å²) in [6.07, 6.45) is 5.01. The van der Waals surface area contributed by atoms with Gasteiger partial charge in [-0.3, -0.25) is 5.21 Å². The van der Waals surface area contributed by atoms with Crippen LogP contribution in [0, 0.1) is 0 Å². The third-order valence-electron chi connectivity index (χ3n) is 2.64. The van der Waals surface area contributed by atoms with E-state index in [9.17, 15) is 0 Å². The highest BCUT2D eigenvalue weighted by atomic mass is 16.5. The Labute approximate surface area is 108 Å². The van der Waals surface area contributed by atoms with Gasteiger partial charge in [-0.25, -0.2) is 20.0 Å². The summed E-state index contributed by atoms with van der Waals surface area (Å²) in [7, 11) is 0. The molecule has 0 fully saturated rings. The molecule has 0 bridgehead atoms. The normalized spacial score (nSPS) is 12.6. The summed E-state index contributed by atoms with van der Waals surface area (Å²) >= 11 is 0. The topological polar surface area (TPSA) is 90.0 Å². The van der Waals surface area contributed by atoms with Crippen LogP contribution in [0.4, 0.5) is 11.5 Å². The Bertz CT molecular complexity index is 652. The fourth-order valence-electron chi connectivity index (χ4n) is 1.75. The molecule has 4 heterocycles. The molecular weight excluding hydrogens is 244 g/mol. The predicted octanol–water partition coefficient (Wildman–Crippen LogP) is 1.62. The summed E-state index contributed by atoms with van der Waals surface area (Å²) in [4.78, 5) is 14.9. The second-order valence-corrected chi connectivity index (χ2v) is 3.89. The molecule has 3 aromatic rings. The van der Waals surface area contributed by atoms with Crippen molar-refractivity contribution in [3.05, 3.63) is 43.0 Å². The Kier molecular flexibility index (Phi) is 2.95. The van der Waals surface area contributed by atoms with Gasteiger partial charge < -0.3 is 10.3 Å². The molecule has 1 aliphatic rings. The lowest BCUT2D eigenvalue weighted by molar-refractivity contribution is 0.265. The summed E-state index contributed by atoms with van der Waals surface area (Å²) in [6.45, 7) is 0.423. The number of aromatic amines is 1. The minimum atomic E-state index is 0.423. The van der Waals surface area contributed by atoms with Crippen LogP contribution in [0.25, 0.3) is 11.2 Å². The first-order chi connectivity index (χ1) is 9.34. The fourth-order valence-corrected chi connectivity index (χ4v) is 1.75. The first-order valence-corrected chi connectivity index (χ1v) is 5.74. The minimum Gasteiger partial charge on any atom is -0.363 e. The van der Waals surface area contributed by atoms with Crippen molar-refractivity contribution in [2.45, 2.75) is 0 Å². The van der Waals surface area contributed by atoms with Gasteiger partial charge >= 0.3 is 0 Å². The fraction of sp³-hybridized carbons (Fsp3) is 0.0833. The quantitative estimate of drug-likeness (QED) is 0.566. The molecule has 0 saturated heterocycles. The molecule has 3 aromatic heterocycles. The van der Waals surface area contributed by atoms with Crippen molar-refractivity contribution in [3.8, 4) is 0 Å². The lowest BCUT2D eigenvalue weighted by Gasteiger charge is -2.03. The SMILES string of the molecule is ON1CNc2cccnc21.c1cnc2nc[nH]c2c1. The number of nitrogens with one attached hydrogen (secondary N) is 2. The molecule has 1 aliphatic heterocycles. The highest BCUT2D eigenvalue weighted by molar-refractivity contribution is 5.69. The molecule has 0 atom stereocenters. The van der Waals surface area contributed by atoms with E-state index in [0.29, 0.717) is 12.5 Å². The average molecular weight is 256 g/mol. The first-order valence-electron chi connectivity index (χ1n) is 5.74. The minimum absolute atomic E-state index is 0.423. The van der Waals surface area contributed by atoms with Crippen molar-refractivity contribution < 1.29 is 5.21 Å². The van der Waals surface area contributed by atoms with E-state index in [0.717, 1.165) is 21.9 Å². The Hall–Kier alpha value is -2.67. The van der Waals surface area contributed by atoms with Crippen LogP contribution in [0.5, 0.6) is 0 Å². The molecule has 96 valence electrons. The van der Waals surface area contributed by atoms with E-state index >= 15 is 0 Å². The first kappa shape index (κ1) is 11.4. The Morgan fingerprint density at radius 2 is 1.95 bits per heavy atom. The van der Waals surface area contributed by atoms with E-state index < -0.39 is 0 Å². The summed E-state index contributed by atoms with van der Waals surface area (Å²) < 4.78 is 0. The van der Waals surface area contributed by atoms with Crippen LogP contribution in [0.3, 0.4) is 0 Å². The van der Waals surface area contributed by atoms with Gasteiger partial charge in [0.2, 0.25) is 0 Å². The lowest BCUT2D eigenvalue weighted by atomic mass is 10.4. The van der Waals surface area contributed by atoms with Gasteiger partial charge in [0, 0.05) is 12.4 Å². The number of hydrogen-bond donors (Lipinski definition) is 3. The van der Waals surface area contributed by atoms with Crippen LogP contribution in [-0.4, -0.2) is 31.8 Å². The van der Waals surface area contributed by atoms with Gasteiger partial charge in [-0.05, 0) is 24.3 Å². The summed E-state index contributed by atoms with van der Waals surface area (Å²) in [5.41, 5.74) is 2.64. The number of fused-ring (bicyclic) bond motifs is 2. The third-order valence-corrected chi connectivity index (χ3v) is 2.64. The monoisotopic (exact) mass is 256 g/mol. The maximum absolute atomic E-state index is 9.09. The number of aromatic nitrogens is 4. The van der Waals surface area contributed by atoms with Gasteiger partial charge in [-0.15, -0.1) is 0 Å². The summed E-state index contributed by atoms with van der Waals surface area (Å²) in [5.74, 6) is 0.600. The maximum Gasteiger partial charge on any atom is 0.177 e. The second-order valence-electron chi connectivity index (χ2n) is 3.89. The van der Waals surface area contributed by atoms with Gasteiger partial charge in [0.15, 0.2) is 11.5 Å². The molecule has 7 heteroatoms. The van der Waals surface area contributed by atoms with Gasteiger partial charge in [0.25, 0.3) is 0 Å². The molecule has 7 nitrogen and oxygen atoms in total. The van der Waals surface area contributed by atoms with Crippen LogP contribution in [0.2, 0.25) is 0 Å². The highest BCUT2D eigenvalue weighted by Crippen LogP contribution is 2.25. The Morgan fingerprint density at radius 1 is 1.11 bits per heavy atom. The molecule has 0 radical (unpaired) electrons. The molecule has 0 aliphatic carbocycles. The highest BCUT2D eigenvalue weighted by Gasteiger charge is 2.16. The number of nitrogens with zero attached hydrogens (tertiary/aromatic N) is 4. The van der Waals surface area contributed by atoms with E-state index in [1.165, 1.54) is 0 Å². The van der Waals surface area contributed by atoms with Gasteiger partial charge in [-0.2, -0.15) is 0 Å². The molecule has 0 aromatic carbocycles. The number of hydroxylamine groups is 1. The molecular formula is C12H12N6O. The van der Waals surface area contributed by atoms with Crippen LogP contribution in [-0.2, 0) is 0 Å². The van der Waals surface area contributed by atoms with Crippen molar-refractivity contribution in [1.82, 2.24) is 19.9 Å². The number of imidazole rings is 1. The number of anilines is 2.